The van der Waals surface area contributed by atoms with E-state index in [0.29, 0.717) is 37.4 Å². The maximum atomic E-state index is 13.4. The van der Waals surface area contributed by atoms with Gasteiger partial charge in [-0.3, -0.25) is 28.5 Å². The zero-order chi connectivity index (χ0) is 23.7. The van der Waals surface area contributed by atoms with E-state index in [4.69, 9.17) is 23.1 Å². The minimum absolute atomic E-state index is 0.0419. The molecule has 0 unspecified atom stereocenters. The number of carbonyl (C=O) groups excluding carboxylic acids is 2. The van der Waals surface area contributed by atoms with Crippen LogP contribution in [0.5, 0.6) is 0 Å². The SMILES string of the molecule is NC(=O)C1CCN(c2nc3ccccn3c(=O)c2/C=C2/SC(=S)N(CCC(=O)O)C2=O)CC1. The average molecular weight is 488 g/mol. The minimum Gasteiger partial charge on any atom is -0.481 e. The van der Waals surface area contributed by atoms with E-state index in [9.17, 15) is 19.2 Å². The summed E-state index contributed by atoms with van der Waals surface area (Å²) in [6.45, 7) is 0.937. The molecule has 3 N–H and O–H groups in total. The Morgan fingerprint density at radius 1 is 1.27 bits per heavy atom. The normalized spacial score (nSPS) is 18.5. The van der Waals surface area contributed by atoms with Crippen LogP contribution >= 0.6 is 24.0 Å². The van der Waals surface area contributed by atoms with Gasteiger partial charge in [-0.25, -0.2) is 4.98 Å². The lowest BCUT2D eigenvalue weighted by Gasteiger charge is -2.32. The Morgan fingerprint density at radius 2 is 2.00 bits per heavy atom. The number of carboxylic acid groups (broad SMARTS) is 1. The number of thioether (sulfide) groups is 1. The first kappa shape index (κ1) is 22.9. The molecule has 2 amide bonds. The van der Waals surface area contributed by atoms with Gasteiger partial charge in [0.1, 0.15) is 15.8 Å². The molecule has 4 heterocycles. The van der Waals surface area contributed by atoms with E-state index in [1.807, 2.05) is 4.90 Å². The van der Waals surface area contributed by atoms with Crippen molar-refractivity contribution < 1.29 is 19.5 Å². The molecule has 2 saturated heterocycles. The van der Waals surface area contributed by atoms with Gasteiger partial charge in [0.25, 0.3) is 11.5 Å². The molecule has 2 aliphatic heterocycles. The third kappa shape index (κ3) is 4.62. The molecule has 12 heteroatoms. The molecular formula is C21H21N5O5S2. The number of hydrogen-bond donors (Lipinski definition) is 2. The van der Waals surface area contributed by atoms with Crippen molar-refractivity contribution in [3.05, 3.63) is 45.2 Å². The number of primary amides is 1. The van der Waals surface area contributed by atoms with Crippen molar-refractivity contribution in [1.29, 1.82) is 0 Å². The first-order valence-corrected chi connectivity index (χ1v) is 11.5. The van der Waals surface area contributed by atoms with Crippen molar-refractivity contribution in [1.82, 2.24) is 14.3 Å². The number of amides is 2. The van der Waals surface area contributed by atoms with Crippen LogP contribution in [0.2, 0.25) is 0 Å². The molecule has 0 aromatic carbocycles. The van der Waals surface area contributed by atoms with Gasteiger partial charge in [-0.15, -0.1) is 0 Å². The van der Waals surface area contributed by atoms with E-state index in [2.05, 4.69) is 4.98 Å². The Hall–Kier alpha value is -3.25. The first-order valence-electron chi connectivity index (χ1n) is 10.3. The Kier molecular flexibility index (Phi) is 6.47. The van der Waals surface area contributed by atoms with Crippen LogP contribution in [-0.2, 0) is 14.4 Å². The monoisotopic (exact) mass is 487 g/mol. The Morgan fingerprint density at radius 3 is 2.67 bits per heavy atom. The third-order valence-electron chi connectivity index (χ3n) is 5.64. The van der Waals surface area contributed by atoms with E-state index in [-0.39, 0.29) is 45.1 Å². The van der Waals surface area contributed by atoms with Crippen molar-refractivity contribution >= 4 is 63.6 Å². The maximum absolute atomic E-state index is 13.4. The molecule has 0 spiro atoms. The third-order valence-corrected chi connectivity index (χ3v) is 7.02. The number of rotatable bonds is 6. The highest BCUT2D eigenvalue weighted by atomic mass is 32.2. The molecule has 4 rings (SSSR count). The molecule has 10 nitrogen and oxygen atoms in total. The lowest BCUT2D eigenvalue weighted by molar-refractivity contribution is -0.137. The zero-order valence-corrected chi connectivity index (χ0v) is 19.1. The molecule has 0 atom stereocenters. The van der Waals surface area contributed by atoms with E-state index in [1.54, 1.807) is 24.4 Å². The predicted molar refractivity (Wildman–Crippen MR) is 128 cm³/mol. The second-order valence-corrected chi connectivity index (χ2v) is 9.40. The molecule has 33 heavy (non-hydrogen) atoms. The highest BCUT2D eigenvalue weighted by molar-refractivity contribution is 8.26. The quantitative estimate of drug-likeness (QED) is 0.452. The number of aromatic nitrogens is 2. The van der Waals surface area contributed by atoms with Gasteiger partial charge < -0.3 is 15.7 Å². The van der Waals surface area contributed by atoms with Crippen molar-refractivity contribution in [3.8, 4) is 0 Å². The highest BCUT2D eigenvalue weighted by Crippen LogP contribution is 2.34. The number of aliphatic carboxylic acids is 1. The van der Waals surface area contributed by atoms with E-state index in [0.717, 1.165) is 11.8 Å². The van der Waals surface area contributed by atoms with E-state index >= 15 is 0 Å². The topological polar surface area (TPSA) is 138 Å². The molecule has 2 aromatic rings. The first-order chi connectivity index (χ1) is 15.8. The lowest BCUT2D eigenvalue weighted by atomic mass is 9.96. The largest absolute Gasteiger partial charge is 0.481 e. The molecule has 0 radical (unpaired) electrons. The summed E-state index contributed by atoms with van der Waals surface area (Å²) >= 11 is 6.27. The minimum atomic E-state index is -1.04. The highest BCUT2D eigenvalue weighted by Gasteiger charge is 2.33. The summed E-state index contributed by atoms with van der Waals surface area (Å²) in [7, 11) is 0. The molecule has 0 saturated carbocycles. The van der Waals surface area contributed by atoms with Crippen molar-refractivity contribution in [2.45, 2.75) is 19.3 Å². The number of carboxylic acids is 1. The van der Waals surface area contributed by atoms with Gasteiger partial charge in [-0.1, -0.05) is 30.0 Å². The number of piperidine rings is 1. The molecule has 172 valence electrons. The molecule has 2 aromatic heterocycles. The molecule has 2 fully saturated rings. The maximum Gasteiger partial charge on any atom is 0.305 e. The van der Waals surface area contributed by atoms with E-state index in [1.165, 1.54) is 15.4 Å². The fourth-order valence-corrected chi connectivity index (χ4v) is 5.16. The molecule has 0 bridgehead atoms. The average Bonchev–Trinajstić information content (AvgIpc) is 3.06. The smallest absolute Gasteiger partial charge is 0.305 e. The summed E-state index contributed by atoms with van der Waals surface area (Å²) in [5, 5.41) is 8.93. The van der Waals surface area contributed by atoms with Crippen LogP contribution in [0.3, 0.4) is 0 Å². The summed E-state index contributed by atoms with van der Waals surface area (Å²) in [4.78, 5) is 56.8. The Labute approximate surface area is 198 Å². The number of nitrogens with zero attached hydrogens (tertiary/aromatic N) is 4. The fraction of sp³-hybridized carbons (Fsp3) is 0.333. The molecular weight excluding hydrogens is 466 g/mol. The number of hydrogen-bond acceptors (Lipinski definition) is 8. The fourth-order valence-electron chi connectivity index (χ4n) is 3.87. The van der Waals surface area contributed by atoms with Crippen LogP contribution < -0.4 is 16.2 Å². The van der Waals surface area contributed by atoms with Crippen LogP contribution in [0.15, 0.2) is 34.1 Å². The number of nitrogens with two attached hydrogens (primary N) is 1. The molecule has 0 aliphatic carbocycles. The summed E-state index contributed by atoms with van der Waals surface area (Å²) in [5.41, 5.74) is 5.79. The summed E-state index contributed by atoms with van der Waals surface area (Å²) < 4.78 is 1.64. The van der Waals surface area contributed by atoms with Crippen molar-refractivity contribution in [2.75, 3.05) is 24.5 Å². The second-order valence-electron chi connectivity index (χ2n) is 7.72. The van der Waals surface area contributed by atoms with Gasteiger partial charge in [-0.05, 0) is 31.1 Å². The van der Waals surface area contributed by atoms with Gasteiger partial charge in [-0.2, -0.15) is 0 Å². The predicted octanol–water partition coefficient (Wildman–Crippen LogP) is 1.07. The molecule has 2 aliphatic rings. The lowest BCUT2D eigenvalue weighted by Crippen LogP contribution is -2.40. The summed E-state index contributed by atoms with van der Waals surface area (Å²) in [6.07, 6.45) is 3.93. The van der Waals surface area contributed by atoms with Crippen LogP contribution in [0.1, 0.15) is 24.8 Å². The second kappa shape index (κ2) is 9.32. The Balaban J connectivity index is 1.74. The Bertz CT molecular complexity index is 1250. The van der Waals surface area contributed by atoms with Gasteiger partial charge in [0.15, 0.2) is 0 Å². The standard InChI is InChI=1S/C21H21N5O5S2/c22-17(29)12-4-8-24(9-5-12)18-13(19(30)25-7-2-1-3-15(25)23-18)11-14-20(31)26(21(32)33-14)10-6-16(27)28/h1-3,7,11-12H,4-6,8-10H2,(H2,22,29)(H,27,28)/b14-11+. The number of pyridine rings is 1. The number of anilines is 1. The van der Waals surface area contributed by atoms with Gasteiger partial charge >= 0.3 is 5.97 Å². The van der Waals surface area contributed by atoms with Gasteiger partial charge in [0.05, 0.1) is 16.9 Å². The van der Waals surface area contributed by atoms with Gasteiger partial charge in [0.2, 0.25) is 5.91 Å². The van der Waals surface area contributed by atoms with Crippen LogP contribution in [0.4, 0.5) is 5.82 Å². The van der Waals surface area contributed by atoms with Crippen molar-refractivity contribution in [3.63, 3.8) is 0 Å². The van der Waals surface area contributed by atoms with E-state index < -0.39 is 11.9 Å². The summed E-state index contributed by atoms with van der Waals surface area (Å²) in [5.74, 6) is -1.62. The van der Waals surface area contributed by atoms with Crippen LogP contribution in [-0.4, -0.2) is 61.1 Å². The number of fused-ring (bicyclic) bond motifs is 1. The van der Waals surface area contributed by atoms with Crippen LogP contribution in [0.25, 0.3) is 11.7 Å². The number of carbonyl (C=O) groups is 3. The van der Waals surface area contributed by atoms with Crippen LogP contribution in [0, 0.1) is 5.92 Å². The zero-order valence-electron chi connectivity index (χ0n) is 17.5. The summed E-state index contributed by atoms with van der Waals surface area (Å²) in [6, 6.07) is 5.21. The van der Waals surface area contributed by atoms with Gasteiger partial charge in [0, 0.05) is 31.7 Å². The van der Waals surface area contributed by atoms with Crippen molar-refractivity contribution in [2.24, 2.45) is 11.7 Å². The number of thiocarbonyl (C=S) groups is 1.